The number of carbonyl (C=O) groups is 2. The van der Waals surface area contributed by atoms with Crippen molar-refractivity contribution in [3.63, 3.8) is 0 Å². The lowest BCUT2D eigenvalue weighted by Crippen LogP contribution is -2.26. The third kappa shape index (κ3) is 14.3. The predicted octanol–water partition coefficient (Wildman–Crippen LogP) is 7.02. The van der Waals surface area contributed by atoms with Crippen LogP contribution >= 0.6 is 0 Å². The van der Waals surface area contributed by atoms with Crippen LogP contribution in [0.3, 0.4) is 0 Å². The Kier molecular flexibility index (Phi) is 15.8. The number of Topliss-reactive ketones (excluding diaryl/α,β-unsaturated/α-hetero) is 1. The van der Waals surface area contributed by atoms with Gasteiger partial charge in [0.15, 0.2) is 0 Å². The van der Waals surface area contributed by atoms with Gasteiger partial charge in [-0.15, -0.1) is 0 Å². The molecule has 0 rings (SSSR count). The van der Waals surface area contributed by atoms with Crippen molar-refractivity contribution in [3.8, 4) is 0 Å². The fourth-order valence-corrected chi connectivity index (χ4v) is 3.34. The van der Waals surface area contributed by atoms with Crippen LogP contribution in [0.4, 0.5) is 0 Å². The smallest absolute Gasteiger partial charge is 0.313 e. The normalized spacial score (nSPS) is 11.5. The second-order valence-corrected chi connectivity index (χ2v) is 8.41. The first-order valence-electron chi connectivity index (χ1n) is 11.0. The lowest BCUT2D eigenvalue weighted by molar-refractivity contribution is -0.145. The van der Waals surface area contributed by atoms with Gasteiger partial charge in [-0.2, -0.15) is 0 Å². The fourth-order valence-electron chi connectivity index (χ4n) is 3.34. The minimum absolute atomic E-state index is 0.000885. The van der Waals surface area contributed by atoms with Crippen molar-refractivity contribution in [2.75, 3.05) is 7.11 Å². The van der Waals surface area contributed by atoms with Gasteiger partial charge in [-0.3, -0.25) is 9.59 Å². The summed E-state index contributed by atoms with van der Waals surface area (Å²) in [5, 5.41) is 0. The predicted molar refractivity (Wildman–Crippen MR) is 110 cm³/mol. The zero-order valence-corrected chi connectivity index (χ0v) is 18.0. The molecule has 0 radical (unpaired) electrons. The Morgan fingerprint density at radius 3 is 1.46 bits per heavy atom. The second-order valence-electron chi connectivity index (χ2n) is 8.41. The summed E-state index contributed by atoms with van der Waals surface area (Å²) in [6, 6.07) is 0. The van der Waals surface area contributed by atoms with Gasteiger partial charge in [0.1, 0.15) is 12.2 Å². The number of hydrogen-bond donors (Lipinski definition) is 0. The number of carbonyl (C=O) groups excluding carboxylic acids is 2. The number of ketones is 1. The number of methoxy groups -OCH3 is 1. The summed E-state index contributed by atoms with van der Waals surface area (Å²) in [5.41, 5.74) is -0.411. The molecule has 0 bridgehead atoms. The van der Waals surface area contributed by atoms with Gasteiger partial charge in [0.25, 0.3) is 0 Å². The molecule has 0 unspecified atom stereocenters. The average molecular weight is 369 g/mol. The SMILES string of the molecule is CCCCCCCCCCCCCCCCC(C)(C)C(=O)CC(=O)OC. The number of ether oxygens (including phenoxy) is 1. The molecule has 3 nitrogen and oxygen atoms in total. The summed E-state index contributed by atoms with van der Waals surface area (Å²) in [4.78, 5) is 23.3. The molecule has 0 heterocycles. The van der Waals surface area contributed by atoms with Gasteiger partial charge in [0, 0.05) is 5.41 Å². The Morgan fingerprint density at radius 2 is 1.08 bits per heavy atom. The summed E-state index contributed by atoms with van der Waals surface area (Å²) < 4.78 is 4.58. The highest BCUT2D eigenvalue weighted by molar-refractivity contribution is 5.98. The van der Waals surface area contributed by atoms with Crippen LogP contribution in [0.2, 0.25) is 0 Å². The number of hydrogen-bond acceptors (Lipinski definition) is 3. The molecular formula is C23H44O3. The molecule has 154 valence electrons. The summed E-state index contributed by atoms with van der Waals surface area (Å²) in [6.07, 6.45) is 19.5. The van der Waals surface area contributed by atoms with Crippen LogP contribution in [-0.4, -0.2) is 18.9 Å². The first-order valence-corrected chi connectivity index (χ1v) is 11.0. The third-order valence-electron chi connectivity index (χ3n) is 5.44. The van der Waals surface area contributed by atoms with E-state index in [0.29, 0.717) is 0 Å². The average Bonchev–Trinajstić information content (AvgIpc) is 2.61. The van der Waals surface area contributed by atoms with E-state index in [9.17, 15) is 9.59 Å². The molecular weight excluding hydrogens is 324 g/mol. The molecule has 0 aliphatic heterocycles. The molecule has 0 fully saturated rings. The summed E-state index contributed by atoms with van der Waals surface area (Å²) in [6.45, 7) is 6.16. The van der Waals surface area contributed by atoms with Crippen LogP contribution in [0.1, 0.15) is 124 Å². The number of esters is 1. The molecule has 0 spiro atoms. The Labute approximate surface area is 162 Å². The molecule has 0 aliphatic rings. The van der Waals surface area contributed by atoms with Crippen LogP contribution in [0, 0.1) is 5.41 Å². The first kappa shape index (κ1) is 25.1. The van der Waals surface area contributed by atoms with Crippen LogP contribution < -0.4 is 0 Å². The van der Waals surface area contributed by atoms with E-state index in [1.807, 2.05) is 13.8 Å². The van der Waals surface area contributed by atoms with Crippen LogP contribution in [0.15, 0.2) is 0 Å². The zero-order chi connectivity index (χ0) is 19.7. The van der Waals surface area contributed by atoms with Gasteiger partial charge >= 0.3 is 5.97 Å². The molecule has 0 aliphatic carbocycles. The van der Waals surface area contributed by atoms with Crippen LogP contribution in [0.25, 0.3) is 0 Å². The minimum Gasteiger partial charge on any atom is -0.469 e. The summed E-state index contributed by atoms with van der Waals surface area (Å²) in [7, 11) is 1.33. The zero-order valence-electron chi connectivity index (χ0n) is 18.0. The maximum Gasteiger partial charge on any atom is 0.313 e. The van der Waals surface area contributed by atoms with Crippen molar-refractivity contribution in [1.29, 1.82) is 0 Å². The maximum atomic E-state index is 12.1. The second kappa shape index (κ2) is 16.3. The summed E-state index contributed by atoms with van der Waals surface area (Å²) in [5.74, 6) is -0.428. The largest absolute Gasteiger partial charge is 0.469 e. The van der Waals surface area contributed by atoms with Gasteiger partial charge < -0.3 is 4.74 Å². The van der Waals surface area contributed by atoms with Crippen molar-refractivity contribution in [2.24, 2.45) is 5.41 Å². The Balaban J connectivity index is 3.44. The molecule has 3 heteroatoms. The lowest BCUT2D eigenvalue weighted by atomic mass is 9.81. The Bertz CT molecular complexity index is 360. The lowest BCUT2D eigenvalue weighted by Gasteiger charge is -2.22. The van der Waals surface area contributed by atoms with E-state index < -0.39 is 11.4 Å². The summed E-state index contributed by atoms with van der Waals surface area (Å²) >= 11 is 0. The topological polar surface area (TPSA) is 43.4 Å². The highest BCUT2D eigenvalue weighted by Gasteiger charge is 2.28. The van der Waals surface area contributed by atoms with E-state index in [0.717, 1.165) is 12.8 Å². The van der Waals surface area contributed by atoms with Crippen molar-refractivity contribution in [3.05, 3.63) is 0 Å². The van der Waals surface area contributed by atoms with Gasteiger partial charge in [-0.25, -0.2) is 0 Å². The molecule has 26 heavy (non-hydrogen) atoms. The van der Waals surface area contributed by atoms with E-state index in [2.05, 4.69) is 11.7 Å². The molecule has 0 saturated heterocycles. The van der Waals surface area contributed by atoms with Crippen molar-refractivity contribution in [1.82, 2.24) is 0 Å². The van der Waals surface area contributed by atoms with Crippen molar-refractivity contribution >= 4 is 11.8 Å². The standard InChI is InChI=1S/C23H44O3/c1-5-6-7-8-9-10-11-12-13-14-15-16-17-18-19-23(2,3)21(24)20-22(25)26-4/h5-20H2,1-4H3. The molecule has 0 amide bonds. The van der Waals surface area contributed by atoms with E-state index in [4.69, 9.17) is 0 Å². The molecule has 0 atom stereocenters. The first-order chi connectivity index (χ1) is 12.4. The molecule has 0 N–H and O–H groups in total. The minimum atomic E-state index is -0.427. The Hall–Kier alpha value is -0.860. The van der Waals surface area contributed by atoms with Crippen LogP contribution in [0.5, 0.6) is 0 Å². The van der Waals surface area contributed by atoms with Crippen LogP contribution in [-0.2, 0) is 14.3 Å². The van der Waals surface area contributed by atoms with E-state index in [-0.39, 0.29) is 12.2 Å². The highest BCUT2D eigenvalue weighted by atomic mass is 16.5. The molecule has 0 saturated carbocycles. The van der Waals surface area contributed by atoms with Gasteiger partial charge in [0.2, 0.25) is 0 Å². The van der Waals surface area contributed by atoms with E-state index >= 15 is 0 Å². The van der Waals surface area contributed by atoms with E-state index in [1.165, 1.54) is 90.6 Å². The fraction of sp³-hybridized carbons (Fsp3) is 0.913. The van der Waals surface area contributed by atoms with Crippen molar-refractivity contribution < 1.29 is 14.3 Å². The van der Waals surface area contributed by atoms with Crippen molar-refractivity contribution in [2.45, 2.75) is 124 Å². The molecule has 0 aromatic rings. The van der Waals surface area contributed by atoms with Gasteiger partial charge in [-0.05, 0) is 6.42 Å². The Morgan fingerprint density at radius 1 is 0.692 bits per heavy atom. The monoisotopic (exact) mass is 368 g/mol. The highest BCUT2D eigenvalue weighted by Crippen LogP contribution is 2.27. The van der Waals surface area contributed by atoms with Gasteiger partial charge in [-0.1, -0.05) is 111 Å². The van der Waals surface area contributed by atoms with E-state index in [1.54, 1.807) is 0 Å². The molecule has 0 aromatic carbocycles. The maximum absolute atomic E-state index is 12.1. The quantitative estimate of drug-likeness (QED) is 0.148. The number of rotatable bonds is 18. The third-order valence-corrected chi connectivity index (χ3v) is 5.44. The van der Waals surface area contributed by atoms with Gasteiger partial charge in [0.05, 0.1) is 7.11 Å². The molecule has 0 aromatic heterocycles. The number of unbranched alkanes of at least 4 members (excludes halogenated alkanes) is 13.